The smallest absolute Gasteiger partial charge is 0.255 e. The first-order valence-corrected chi connectivity index (χ1v) is 8.44. The number of rotatable bonds is 3. The number of hydrogen-bond acceptors (Lipinski definition) is 2. The molecule has 0 atom stereocenters. The summed E-state index contributed by atoms with van der Waals surface area (Å²) in [6, 6.07) is 21.4. The van der Waals surface area contributed by atoms with Crippen LogP contribution in [0.25, 0.3) is 21.9 Å². The third-order valence-corrected chi connectivity index (χ3v) is 4.48. The summed E-state index contributed by atoms with van der Waals surface area (Å²) in [6.07, 6.45) is 0. The van der Waals surface area contributed by atoms with Crippen LogP contribution in [0.1, 0.15) is 35.7 Å². The molecule has 0 fully saturated rings. The SMILES string of the molecule is CC(C)c1ccc(C(=O)Nc2ccc3c(c2)oc2ccccc23)cc1. The normalized spacial score (nSPS) is 11.3. The van der Waals surface area contributed by atoms with Gasteiger partial charge in [-0.05, 0) is 41.8 Å². The fourth-order valence-corrected chi connectivity index (χ4v) is 3.03. The fourth-order valence-electron chi connectivity index (χ4n) is 3.03. The van der Waals surface area contributed by atoms with Crippen LogP contribution < -0.4 is 5.32 Å². The molecule has 0 bridgehead atoms. The predicted octanol–water partition coefficient (Wildman–Crippen LogP) is 5.96. The topological polar surface area (TPSA) is 42.2 Å². The minimum atomic E-state index is -0.120. The van der Waals surface area contributed by atoms with Crippen LogP contribution >= 0.6 is 0 Å². The zero-order valence-electron chi connectivity index (χ0n) is 14.2. The molecular formula is C22H19NO2. The molecule has 0 aliphatic rings. The van der Waals surface area contributed by atoms with Gasteiger partial charge in [0.15, 0.2) is 0 Å². The molecule has 3 nitrogen and oxygen atoms in total. The van der Waals surface area contributed by atoms with Crippen LogP contribution in [0.3, 0.4) is 0 Å². The average Bonchev–Trinajstić information content (AvgIpc) is 2.99. The highest BCUT2D eigenvalue weighted by atomic mass is 16.3. The van der Waals surface area contributed by atoms with E-state index in [1.807, 2.05) is 66.7 Å². The molecular weight excluding hydrogens is 310 g/mol. The minimum Gasteiger partial charge on any atom is -0.456 e. The maximum atomic E-state index is 12.5. The Hall–Kier alpha value is -3.07. The van der Waals surface area contributed by atoms with Gasteiger partial charge < -0.3 is 9.73 Å². The van der Waals surface area contributed by atoms with Crippen molar-refractivity contribution in [2.75, 3.05) is 5.32 Å². The van der Waals surface area contributed by atoms with E-state index in [4.69, 9.17) is 4.42 Å². The molecule has 0 unspecified atom stereocenters. The molecule has 0 radical (unpaired) electrons. The number of carbonyl (C=O) groups is 1. The number of anilines is 1. The number of amides is 1. The summed E-state index contributed by atoms with van der Waals surface area (Å²) in [5.74, 6) is 0.332. The van der Waals surface area contributed by atoms with Gasteiger partial charge in [-0.3, -0.25) is 4.79 Å². The van der Waals surface area contributed by atoms with Crippen LogP contribution in [0.4, 0.5) is 5.69 Å². The summed E-state index contributed by atoms with van der Waals surface area (Å²) >= 11 is 0. The molecule has 3 aromatic carbocycles. The van der Waals surface area contributed by atoms with Crippen LogP contribution in [0.2, 0.25) is 0 Å². The molecule has 0 saturated carbocycles. The van der Waals surface area contributed by atoms with Crippen molar-refractivity contribution < 1.29 is 9.21 Å². The molecule has 4 rings (SSSR count). The van der Waals surface area contributed by atoms with E-state index in [0.717, 1.165) is 27.6 Å². The first-order chi connectivity index (χ1) is 12.1. The molecule has 0 aliphatic carbocycles. The lowest BCUT2D eigenvalue weighted by atomic mass is 10.0. The van der Waals surface area contributed by atoms with Gasteiger partial charge in [-0.1, -0.05) is 44.2 Å². The lowest BCUT2D eigenvalue weighted by molar-refractivity contribution is 0.102. The summed E-state index contributed by atoms with van der Waals surface area (Å²) in [7, 11) is 0. The van der Waals surface area contributed by atoms with Crippen molar-refractivity contribution >= 4 is 33.5 Å². The van der Waals surface area contributed by atoms with Gasteiger partial charge >= 0.3 is 0 Å². The maximum Gasteiger partial charge on any atom is 0.255 e. The Morgan fingerprint density at radius 1 is 0.880 bits per heavy atom. The van der Waals surface area contributed by atoms with Crippen molar-refractivity contribution in [1.29, 1.82) is 0 Å². The van der Waals surface area contributed by atoms with E-state index in [1.54, 1.807) is 0 Å². The molecule has 25 heavy (non-hydrogen) atoms. The van der Waals surface area contributed by atoms with Crippen molar-refractivity contribution in [1.82, 2.24) is 0 Å². The highest BCUT2D eigenvalue weighted by Gasteiger charge is 2.10. The highest BCUT2D eigenvalue weighted by Crippen LogP contribution is 2.30. The van der Waals surface area contributed by atoms with E-state index in [9.17, 15) is 4.79 Å². The van der Waals surface area contributed by atoms with Crippen LogP contribution in [0, 0.1) is 0 Å². The summed E-state index contributed by atoms with van der Waals surface area (Å²) in [5.41, 5.74) is 4.22. The second-order valence-corrected chi connectivity index (χ2v) is 6.54. The quantitative estimate of drug-likeness (QED) is 0.504. The largest absolute Gasteiger partial charge is 0.456 e. The Balaban J connectivity index is 1.61. The number of nitrogens with one attached hydrogen (secondary N) is 1. The zero-order valence-corrected chi connectivity index (χ0v) is 14.2. The Bertz CT molecular complexity index is 1060. The van der Waals surface area contributed by atoms with E-state index in [1.165, 1.54) is 5.56 Å². The van der Waals surface area contributed by atoms with Gasteiger partial charge in [-0.15, -0.1) is 0 Å². The summed E-state index contributed by atoms with van der Waals surface area (Å²) in [6.45, 7) is 4.27. The van der Waals surface area contributed by atoms with Gasteiger partial charge in [0.05, 0.1) is 0 Å². The van der Waals surface area contributed by atoms with E-state index < -0.39 is 0 Å². The Morgan fingerprint density at radius 3 is 2.36 bits per heavy atom. The van der Waals surface area contributed by atoms with Gasteiger partial charge in [0, 0.05) is 28.1 Å². The monoisotopic (exact) mass is 329 g/mol. The van der Waals surface area contributed by atoms with Gasteiger partial charge in [-0.25, -0.2) is 0 Å². The average molecular weight is 329 g/mol. The lowest BCUT2D eigenvalue weighted by Gasteiger charge is -2.08. The standard InChI is InChI=1S/C22H19NO2/c1-14(2)15-7-9-16(10-8-15)22(24)23-17-11-12-19-18-5-3-4-6-20(18)25-21(19)13-17/h3-14H,1-2H3,(H,23,24). The van der Waals surface area contributed by atoms with E-state index in [-0.39, 0.29) is 5.91 Å². The van der Waals surface area contributed by atoms with Gasteiger partial charge in [0.2, 0.25) is 0 Å². The van der Waals surface area contributed by atoms with E-state index >= 15 is 0 Å². The van der Waals surface area contributed by atoms with Crippen molar-refractivity contribution in [3.63, 3.8) is 0 Å². The van der Waals surface area contributed by atoms with Crippen molar-refractivity contribution in [3.05, 3.63) is 77.9 Å². The first-order valence-electron chi connectivity index (χ1n) is 8.44. The minimum absolute atomic E-state index is 0.120. The Morgan fingerprint density at radius 2 is 1.60 bits per heavy atom. The molecule has 0 spiro atoms. The van der Waals surface area contributed by atoms with Crippen LogP contribution in [0.5, 0.6) is 0 Å². The Labute approximate surface area is 146 Å². The van der Waals surface area contributed by atoms with E-state index in [0.29, 0.717) is 11.5 Å². The molecule has 1 amide bonds. The Kier molecular flexibility index (Phi) is 3.77. The van der Waals surface area contributed by atoms with E-state index in [2.05, 4.69) is 19.2 Å². The lowest BCUT2D eigenvalue weighted by Crippen LogP contribution is -2.11. The molecule has 3 heteroatoms. The predicted molar refractivity (Wildman–Crippen MR) is 102 cm³/mol. The zero-order chi connectivity index (χ0) is 17.4. The number of hydrogen-bond donors (Lipinski definition) is 1. The number of fused-ring (bicyclic) bond motifs is 3. The maximum absolute atomic E-state index is 12.5. The van der Waals surface area contributed by atoms with Gasteiger partial charge in [0.1, 0.15) is 11.2 Å². The number of para-hydroxylation sites is 1. The molecule has 1 aromatic heterocycles. The summed E-state index contributed by atoms with van der Waals surface area (Å²) in [4.78, 5) is 12.5. The summed E-state index contributed by atoms with van der Waals surface area (Å²) in [5, 5.41) is 5.08. The van der Waals surface area contributed by atoms with Gasteiger partial charge in [-0.2, -0.15) is 0 Å². The molecule has 1 N–H and O–H groups in total. The highest BCUT2D eigenvalue weighted by molar-refractivity contribution is 6.08. The molecule has 1 heterocycles. The van der Waals surface area contributed by atoms with Crippen LogP contribution in [0.15, 0.2) is 71.1 Å². The molecule has 124 valence electrons. The number of benzene rings is 3. The molecule has 0 saturated heterocycles. The summed E-state index contributed by atoms with van der Waals surface area (Å²) < 4.78 is 5.87. The fraction of sp³-hybridized carbons (Fsp3) is 0.136. The molecule has 0 aliphatic heterocycles. The van der Waals surface area contributed by atoms with Crippen LogP contribution in [-0.2, 0) is 0 Å². The third-order valence-electron chi connectivity index (χ3n) is 4.48. The second kappa shape index (κ2) is 6.10. The number of furan rings is 1. The van der Waals surface area contributed by atoms with Gasteiger partial charge in [0.25, 0.3) is 5.91 Å². The number of carbonyl (C=O) groups excluding carboxylic acids is 1. The molecule has 4 aromatic rings. The van der Waals surface area contributed by atoms with Crippen molar-refractivity contribution in [3.8, 4) is 0 Å². The van der Waals surface area contributed by atoms with Crippen molar-refractivity contribution in [2.24, 2.45) is 0 Å². The van der Waals surface area contributed by atoms with Crippen molar-refractivity contribution in [2.45, 2.75) is 19.8 Å². The van der Waals surface area contributed by atoms with Crippen LogP contribution in [-0.4, -0.2) is 5.91 Å². The first kappa shape index (κ1) is 15.5. The second-order valence-electron chi connectivity index (χ2n) is 6.54. The third kappa shape index (κ3) is 2.89.